The molecule has 6 heteroatoms. The Labute approximate surface area is 149 Å². The Kier molecular flexibility index (Phi) is 6.24. The smallest absolute Gasteiger partial charge is 0.253 e. The topological polar surface area (TPSA) is 75.4 Å². The summed E-state index contributed by atoms with van der Waals surface area (Å²) in [4.78, 5) is 26.3. The molecule has 1 aliphatic carbocycles. The minimum absolute atomic E-state index is 0. The summed E-state index contributed by atoms with van der Waals surface area (Å²) in [6.07, 6.45) is 4.07. The lowest BCUT2D eigenvalue weighted by Crippen LogP contribution is -2.45. The highest BCUT2D eigenvalue weighted by Gasteiger charge is 2.30. The van der Waals surface area contributed by atoms with E-state index in [0.29, 0.717) is 11.5 Å². The monoisotopic (exact) mass is 351 g/mol. The van der Waals surface area contributed by atoms with Crippen LogP contribution in [0.15, 0.2) is 24.3 Å². The molecule has 1 heterocycles. The normalized spacial score (nSPS) is 21.6. The lowest BCUT2D eigenvalue weighted by Gasteiger charge is -2.34. The van der Waals surface area contributed by atoms with Gasteiger partial charge in [-0.2, -0.15) is 0 Å². The SMILES string of the molecule is CC(N)C1CCCN(C(=O)c2ccc(NC(=O)C3CC3)cc2)C1.Cl. The molecule has 1 aliphatic heterocycles. The van der Waals surface area contributed by atoms with Gasteiger partial charge in [-0.3, -0.25) is 9.59 Å². The number of hydrogen-bond donors (Lipinski definition) is 2. The van der Waals surface area contributed by atoms with E-state index in [4.69, 9.17) is 5.73 Å². The standard InChI is InChI=1S/C18H25N3O2.ClH/c1-12(19)15-3-2-10-21(11-15)18(23)14-6-8-16(9-7-14)20-17(22)13-4-5-13;/h6-9,12-13,15H,2-5,10-11,19H2,1H3,(H,20,22);1H. The van der Waals surface area contributed by atoms with Gasteiger partial charge >= 0.3 is 0 Å². The number of likely N-dealkylation sites (tertiary alicyclic amines) is 1. The van der Waals surface area contributed by atoms with Crippen LogP contribution in [-0.2, 0) is 4.79 Å². The zero-order valence-electron chi connectivity index (χ0n) is 14.0. The third-order valence-corrected chi connectivity index (χ3v) is 4.84. The van der Waals surface area contributed by atoms with E-state index in [9.17, 15) is 9.59 Å². The number of carbonyl (C=O) groups excluding carboxylic acids is 2. The van der Waals surface area contributed by atoms with Crippen molar-refractivity contribution < 1.29 is 9.59 Å². The first kappa shape index (κ1) is 18.7. The van der Waals surface area contributed by atoms with Gasteiger partial charge < -0.3 is 16.0 Å². The van der Waals surface area contributed by atoms with E-state index in [1.54, 1.807) is 24.3 Å². The molecule has 2 aliphatic rings. The molecular weight excluding hydrogens is 326 g/mol. The Hall–Kier alpha value is -1.59. The van der Waals surface area contributed by atoms with Gasteiger partial charge in [-0.1, -0.05) is 0 Å². The Bertz CT molecular complexity index is 584. The van der Waals surface area contributed by atoms with Crippen LogP contribution in [-0.4, -0.2) is 35.8 Å². The van der Waals surface area contributed by atoms with Crippen molar-refractivity contribution in [1.29, 1.82) is 0 Å². The van der Waals surface area contributed by atoms with Gasteiger partial charge in [0.2, 0.25) is 5.91 Å². The van der Waals surface area contributed by atoms with Crippen molar-refractivity contribution in [3.8, 4) is 0 Å². The van der Waals surface area contributed by atoms with E-state index >= 15 is 0 Å². The maximum absolute atomic E-state index is 12.6. The Morgan fingerprint density at radius 3 is 2.46 bits per heavy atom. The number of nitrogens with one attached hydrogen (secondary N) is 1. The van der Waals surface area contributed by atoms with E-state index in [2.05, 4.69) is 5.32 Å². The lowest BCUT2D eigenvalue weighted by molar-refractivity contribution is -0.117. The minimum Gasteiger partial charge on any atom is -0.338 e. The van der Waals surface area contributed by atoms with Gasteiger partial charge in [-0.25, -0.2) is 0 Å². The van der Waals surface area contributed by atoms with E-state index in [1.807, 2.05) is 11.8 Å². The van der Waals surface area contributed by atoms with Crippen LogP contribution in [0.3, 0.4) is 0 Å². The van der Waals surface area contributed by atoms with Gasteiger partial charge in [-0.15, -0.1) is 12.4 Å². The van der Waals surface area contributed by atoms with Crippen molar-refractivity contribution in [2.24, 2.45) is 17.6 Å². The molecule has 3 N–H and O–H groups in total. The first-order valence-corrected chi connectivity index (χ1v) is 8.50. The van der Waals surface area contributed by atoms with Crippen molar-refractivity contribution in [2.45, 2.75) is 38.6 Å². The molecule has 0 bridgehead atoms. The highest BCUT2D eigenvalue weighted by Crippen LogP contribution is 2.30. The number of anilines is 1. The highest BCUT2D eigenvalue weighted by molar-refractivity contribution is 5.96. The molecule has 2 atom stereocenters. The zero-order valence-corrected chi connectivity index (χ0v) is 14.8. The molecule has 1 aromatic rings. The van der Waals surface area contributed by atoms with Crippen LogP contribution in [0.5, 0.6) is 0 Å². The van der Waals surface area contributed by atoms with Crippen molar-refractivity contribution in [2.75, 3.05) is 18.4 Å². The molecule has 2 fully saturated rings. The van der Waals surface area contributed by atoms with Crippen LogP contribution in [0, 0.1) is 11.8 Å². The first-order chi connectivity index (χ1) is 11.0. The summed E-state index contributed by atoms with van der Waals surface area (Å²) in [6, 6.07) is 7.31. The molecule has 24 heavy (non-hydrogen) atoms. The van der Waals surface area contributed by atoms with Gasteiger partial charge in [0.05, 0.1) is 0 Å². The van der Waals surface area contributed by atoms with E-state index < -0.39 is 0 Å². The minimum atomic E-state index is 0. The Balaban J connectivity index is 0.00000208. The molecular formula is C18H26ClN3O2. The average molecular weight is 352 g/mol. The molecule has 132 valence electrons. The molecule has 3 rings (SSSR count). The summed E-state index contributed by atoms with van der Waals surface area (Å²) >= 11 is 0. The maximum atomic E-state index is 12.6. The van der Waals surface area contributed by atoms with Gasteiger partial charge in [-0.05, 0) is 62.8 Å². The molecule has 0 aromatic heterocycles. The van der Waals surface area contributed by atoms with E-state index in [-0.39, 0.29) is 36.2 Å². The molecule has 1 aromatic carbocycles. The number of nitrogens with two attached hydrogens (primary N) is 1. The van der Waals surface area contributed by atoms with Gasteiger partial charge in [0, 0.05) is 36.3 Å². The largest absolute Gasteiger partial charge is 0.338 e. The van der Waals surface area contributed by atoms with Gasteiger partial charge in [0.15, 0.2) is 0 Å². The summed E-state index contributed by atoms with van der Waals surface area (Å²) in [7, 11) is 0. The fourth-order valence-electron chi connectivity index (χ4n) is 3.09. The summed E-state index contributed by atoms with van der Waals surface area (Å²) in [5, 5.41) is 2.89. The van der Waals surface area contributed by atoms with Crippen LogP contribution in [0.2, 0.25) is 0 Å². The van der Waals surface area contributed by atoms with Crippen LogP contribution in [0.25, 0.3) is 0 Å². The number of benzene rings is 1. The second-order valence-electron chi connectivity index (χ2n) is 6.85. The van der Waals surface area contributed by atoms with Crippen molar-refractivity contribution in [3.05, 3.63) is 29.8 Å². The predicted molar refractivity (Wildman–Crippen MR) is 97.3 cm³/mol. The first-order valence-electron chi connectivity index (χ1n) is 8.50. The van der Waals surface area contributed by atoms with Crippen LogP contribution >= 0.6 is 12.4 Å². The molecule has 2 unspecified atom stereocenters. The number of rotatable bonds is 4. The Morgan fingerprint density at radius 1 is 1.21 bits per heavy atom. The van der Waals surface area contributed by atoms with Gasteiger partial charge in [0.1, 0.15) is 0 Å². The van der Waals surface area contributed by atoms with Crippen LogP contribution in [0.4, 0.5) is 5.69 Å². The summed E-state index contributed by atoms with van der Waals surface area (Å²) < 4.78 is 0. The second-order valence-corrected chi connectivity index (χ2v) is 6.85. The number of halogens is 1. The van der Waals surface area contributed by atoms with Crippen molar-refractivity contribution in [1.82, 2.24) is 4.90 Å². The molecule has 0 radical (unpaired) electrons. The Morgan fingerprint density at radius 2 is 1.88 bits per heavy atom. The number of nitrogens with zero attached hydrogens (tertiary/aromatic N) is 1. The van der Waals surface area contributed by atoms with E-state index in [1.165, 1.54) is 0 Å². The molecule has 5 nitrogen and oxygen atoms in total. The van der Waals surface area contributed by atoms with Crippen molar-refractivity contribution >= 4 is 29.9 Å². The van der Waals surface area contributed by atoms with Gasteiger partial charge in [0.25, 0.3) is 5.91 Å². The number of carbonyl (C=O) groups is 2. The molecule has 2 amide bonds. The summed E-state index contributed by atoms with van der Waals surface area (Å²) in [5.41, 5.74) is 7.41. The predicted octanol–water partition coefficient (Wildman–Crippen LogP) is 2.66. The number of hydrogen-bond acceptors (Lipinski definition) is 3. The van der Waals surface area contributed by atoms with E-state index in [0.717, 1.165) is 44.5 Å². The summed E-state index contributed by atoms with van der Waals surface area (Å²) in [6.45, 7) is 3.54. The summed E-state index contributed by atoms with van der Waals surface area (Å²) in [5.74, 6) is 0.694. The third-order valence-electron chi connectivity index (χ3n) is 4.84. The quantitative estimate of drug-likeness (QED) is 0.875. The highest BCUT2D eigenvalue weighted by atomic mass is 35.5. The molecule has 0 spiro atoms. The zero-order chi connectivity index (χ0) is 16.4. The number of piperidine rings is 1. The molecule has 1 saturated heterocycles. The maximum Gasteiger partial charge on any atom is 0.253 e. The fourth-order valence-corrected chi connectivity index (χ4v) is 3.09. The third kappa shape index (κ3) is 4.48. The van der Waals surface area contributed by atoms with Crippen LogP contribution in [0.1, 0.15) is 43.0 Å². The molecule has 1 saturated carbocycles. The lowest BCUT2D eigenvalue weighted by atomic mass is 9.92. The number of amides is 2. The van der Waals surface area contributed by atoms with Crippen molar-refractivity contribution in [3.63, 3.8) is 0 Å². The fraction of sp³-hybridized carbons (Fsp3) is 0.556. The van der Waals surface area contributed by atoms with Crippen LogP contribution < -0.4 is 11.1 Å². The second kappa shape index (κ2) is 7.99. The average Bonchev–Trinajstić information content (AvgIpc) is 3.40.